The zero-order valence-corrected chi connectivity index (χ0v) is 12.3. The van der Waals surface area contributed by atoms with E-state index in [1.807, 2.05) is 18.2 Å². The molecule has 0 radical (unpaired) electrons. The molecule has 0 aliphatic heterocycles. The second-order valence-electron chi connectivity index (χ2n) is 4.97. The van der Waals surface area contributed by atoms with Crippen molar-refractivity contribution in [3.8, 4) is 0 Å². The molecule has 0 bridgehead atoms. The first kappa shape index (κ1) is 15.2. The maximum atomic E-state index is 12.2. The van der Waals surface area contributed by atoms with Gasteiger partial charge in [0, 0.05) is 20.1 Å². The standard InChI is InChI=1S/C15H21N5O/c1-19(10-5-8-13-6-3-2-4-7-13)15(21)14-12-20(11-9-16)18-17-14/h2-4,6-7,12H,5,8-11,16H2,1H3. The summed E-state index contributed by atoms with van der Waals surface area (Å²) in [5.41, 5.74) is 7.09. The first-order chi connectivity index (χ1) is 10.2. The Hall–Kier alpha value is -2.21. The summed E-state index contributed by atoms with van der Waals surface area (Å²) < 4.78 is 1.59. The molecule has 0 atom stereocenters. The zero-order valence-electron chi connectivity index (χ0n) is 12.3. The summed E-state index contributed by atoms with van der Waals surface area (Å²) in [5.74, 6) is -0.105. The van der Waals surface area contributed by atoms with Crippen LogP contribution >= 0.6 is 0 Å². The van der Waals surface area contributed by atoms with Crippen molar-refractivity contribution in [1.29, 1.82) is 0 Å². The van der Waals surface area contributed by atoms with Crippen molar-refractivity contribution in [1.82, 2.24) is 19.9 Å². The summed E-state index contributed by atoms with van der Waals surface area (Å²) in [6.45, 7) is 1.74. The normalized spacial score (nSPS) is 10.6. The van der Waals surface area contributed by atoms with Crippen molar-refractivity contribution in [3.63, 3.8) is 0 Å². The molecular weight excluding hydrogens is 266 g/mol. The molecule has 1 aromatic carbocycles. The van der Waals surface area contributed by atoms with Crippen molar-refractivity contribution in [3.05, 3.63) is 47.8 Å². The molecule has 6 nitrogen and oxygen atoms in total. The fourth-order valence-electron chi connectivity index (χ4n) is 2.10. The smallest absolute Gasteiger partial charge is 0.275 e. The third-order valence-corrected chi connectivity index (χ3v) is 3.26. The Balaban J connectivity index is 1.81. The highest BCUT2D eigenvalue weighted by atomic mass is 16.2. The second-order valence-corrected chi connectivity index (χ2v) is 4.97. The number of hydrogen-bond donors (Lipinski definition) is 1. The molecule has 6 heteroatoms. The van der Waals surface area contributed by atoms with Gasteiger partial charge in [-0.2, -0.15) is 0 Å². The Labute approximate surface area is 124 Å². The Morgan fingerprint density at radius 3 is 2.81 bits per heavy atom. The number of nitrogens with two attached hydrogens (primary N) is 1. The lowest BCUT2D eigenvalue weighted by Gasteiger charge is -2.15. The minimum atomic E-state index is -0.105. The van der Waals surface area contributed by atoms with Gasteiger partial charge in [-0.1, -0.05) is 35.5 Å². The average molecular weight is 287 g/mol. The van der Waals surface area contributed by atoms with E-state index in [-0.39, 0.29) is 5.91 Å². The van der Waals surface area contributed by atoms with Crippen LogP contribution in [0.1, 0.15) is 22.5 Å². The zero-order chi connectivity index (χ0) is 15.1. The molecule has 1 aromatic heterocycles. The number of benzene rings is 1. The molecule has 112 valence electrons. The summed E-state index contributed by atoms with van der Waals surface area (Å²) in [7, 11) is 1.79. The Morgan fingerprint density at radius 1 is 1.33 bits per heavy atom. The highest BCUT2D eigenvalue weighted by Crippen LogP contribution is 2.05. The van der Waals surface area contributed by atoms with Crippen molar-refractivity contribution in [2.45, 2.75) is 19.4 Å². The minimum Gasteiger partial charge on any atom is -0.340 e. The van der Waals surface area contributed by atoms with Crippen LogP contribution in [0.5, 0.6) is 0 Å². The van der Waals surface area contributed by atoms with Gasteiger partial charge in [0.25, 0.3) is 5.91 Å². The Bertz CT molecular complexity index is 566. The highest BCUT2D eigenvalue weighted by molar-refractivity contribution is 5.91. The number of carbonyl (C=O) groups excluding carboxylic acids is 1. The van der Waals surface area contributed by atoms with Crippen molar-refractivity contribution in [2.24, 2.45) is 5.73 Å². The van der Waals surface area contributed by atoms with Crippen LogP contribution in [0.2, 0.25) is 0 Å². The molecule has 2 N–H and O–H groups in total. The SMILES string of the molecule is CN(CCCc1ccccc1)C(=O)c1cn(CCN)nn1. The molecule has 0 fully saturated rings. The maximum Gasteiger partial charge on any atom is 0.275 e. The van der Waals surface area contributed by atoms with E-state index in [4.69, 9.17) is 5.73 Å². The number of hydrogen-bond acceptors (Lipinski definition) is 4. The third-order valence-electron chi connectivity index (χ3n) is 3.26. The van der Waals surface area contributed by atoms with E-state index in [1.54, 1.807) is 22.8 Å². The molecule has 0 saturated carbocycles. The molecule has 2 aromatic rings. The summed E-state index contributed by atoms with van der Waals surface area (Å²) in [6.07, 6.45) is 3.52. The van der Waals surface area contributed by atoms with Crippen molar-refractivity contribution in [2.75, 3.05) is 20.1 Å². The van der Waals surface area contributed by atoms with Crippen LogP contribution in [-0.2, 0) is 13.0 Å². The summed E-state index contributed by atoms with van der Waals surface area (Å²) in [6, 6.07) is 10.3. The van der Waals surface area contributed by atoms with Crippen molar-refractivity contribution < 1.29 is 4.79 Å². The van der Waals surface area contributed by atoms with E-state index >= 15 is 0 Å². The van der Waals surface area contributed by atoms with Gasteiger partial charge in [0.05, 0.1) is 12.7 Å². The number of nitrogens with zero attached hydrogens (tertiary/aromatic N) is 4. The minimum absolute atomic E-state index is 0.105. The average Bonchev–Trinajstić information content (AvgIpc) is 2.96. The van der Waals surface area contributed by atoms with Gasteiger partial charge in [0.15, 0.2) is 5.69 Å². The number of aromatic nitrogens is 3. The van der Waals surface area contributed by atoms with E-state index in [1.165, 1.54) is 5.56 Å². The molecule has 2 rings (SSSR count). The molecule has 1 heterocycles. The van der Waals surface area contributed by atoms with E-state index in [0.29, 0.717) is 25.3 Å². The van der Waals surface area contributed by atoms with E-state index < -0.39 is 0 Å². The summed E-state index contributed by atoms with van der Waals surface area (Å²) in [4.78, 5) is 13.9. The van der Waals surface area contributed by atoms with Gasteiger partial charge < -0.3 is 10.6 Å². The second kappa shape index (κ2) is 7.54. The number of rotatable bonds is 7. The monoisotopic (exact) mass is 287 g/mol. The largest absolute Gasteiger partial charge is 0.340 e. The van der Waals surface area contributed by atoms with Gasteiger partial charge in [-0.15, -0.1) is 5.10 Å². The fraction of sp³-hybridized carbons (Fsp3) is 0.400. The number of carbonyl (C=O) groups is 1. The van der Waals surface area contributed by atoms with Crippen LogP contribution in [-0.4, -0.2) is 45.9 Å². The van der Waals surface area contributed by atoms with Gasteiger partial charge >= 0.3 is 0 Å². The predicted molar refractivity (Wildman–Crippen MR) is 80.8 cm³/mol. The van der Waals surface area contributed by atoms with Crippen LogP contribution in [0.3, 0.4) is 0 Å². The Morgan fingerprint density at radius 2 is 2.10 bits per heavy atom. The first-order valence-electron chi connectivity index (χ1n) is 7.10. The van der Waals surface area contributed by atoms with Crippen LogP contribution < -0.4 is 5.73 Å². The lowest BCUT2D eigenvalue weighted by atomic mass is 10.1. The molecular formula is C15H21N5O. The van der Waals surface area contributed by atoms with Gasteiger partial charge in [0.1, 0.15) is 0 Å². The lowest BCUT2D eigenvalue weighted by Crippen LogP contribution is -2.28. The summed E-state index contributed by atoms with van der Waals surface area (Å²) in [5, 5.41) is 7.76. The summed E-state index contributed by atoms with van der Waals surface area (Å²) >= 11 is 0. The maximum absolute atomic E-state index is 12.2. The number of amides is 1. The van der Waals surface area contributed by atoms with E-state index in [2.05, 4.69) is 22.4 Å². The topological polar surface area (TPSA) is 77.0 Å². The van der Waals surface area contributed by atoms with Crippen molar-refractivity contribution >= 4 is 5.91 Å². The van der Waals surface area contributed by atoms with Crippen LogP contribution in [0.15, 0.2) is 36.5 Å². The highest BCUT2D eigenvalue weighted by Gasteiger charge is 2.15. The van der Waals surface area contributed by atoms with Crippen LogP contribution in [0.25, 0.3) is 0 Å². The van der Waals surface area contributed by atoms with Crippen LogP contribution in [0.4, 0.5) is 0 Å². The Kier molecular flexibility index (Phi) is 5.45. The molecule has 21 heavy (non-hydrogen) atoms. The van der Waals surface area contributed by atoms with Gasteiger partial charge in [-0.25, -0.2) is 0 Å². The first-order valence-corrected chi connectivity index (χ1v) is 7.10. The molecule has 0 spiro atoms. The number of aryl methyl sites for hydroxylation is 1. The quantitative estimate of drug-likeness (QED) is 0.822. The third kappa shape index (κ3) is 4.39. The van der Waals surface area contributed by atoms with Gasteiger partial charge in [-0.3, -0.25) is 9.48 Å². The molecule has 0 saturated heterocycles. The molecule has 0 aliphatic rings. The van der Waals surface area contributed by atoms with Gasteiger partial charge in [0.2, 0.25) is 0 Å². The van der Waals surface area contributed by atoms with E-state index in [0.717, 1.165) is 12.8 Å². The van der Waals surface area contributed by atoms with Crippen LogP contribution in [0, 0.1) is 0 Å². The predicted octanol–water partition coefficient (Wildman–Crippen LogP) is 0.942. The fourth-order valence-corrected chi connectivity index (χ4v) is 2.10. The molecule has 0 aliphatic carbocycles. The van der Waals surface area contributed by atoms with Gasteiger partial charge in [-0.05, 0) is 18.4 Å². The molecule has 1 amide bonds. The van der Waals surface area contributed by atoms with E-state index in [9.17, 15) is 4.79 Å². The molecule has 0 unspecified atom stereocenters. The lowest BCUT2D eigenvalue weighted by molar-refractivity contribution is 0.0787.